The molecule has 0 unspecified atom stereocenters. The molecule has 0 aliphatic carbocycles. The van der Waals surface area contributed by atoms with Crippen LogP contribution in [0.15, 0.2) is 91.0 Å². The van der Waals surface area contributed by atoms with Gasteiger partial charge in [-0.15, -0.1) is 23.2 Å². The SMILES string of the molecule is C.CC(Cl)Cl.CC1=CCN(S(C)(=O)=O)CC1.C[C@@H]1Cc2ncnc(C3=CCN(S(C)(=O)=O)CC3)c2CN1Cc1ccccc1.C[C@@H]1Cc2ncnc(Cl)c2CN1Cc1ccccc1. The summed E-state index contributed by atoms with van der Waals surface area (Å²) in [6.45, 7) is 13.8. The van der Waals surface area contributed by atoms with Crippen molar-refractivity contribution < 1.29 is 16.8 Å². The lowest BCUT2D eigenvalue weighted by Crippen LogP contribution is -2.39. The number of fused-ring (bicyclic) bond motifs is 2. The molecule has 0 radical (unpaired) electrons. The van der Waals surface area contributed by atoms with Gasteiger partial charge < -0.3 is 0 Å². The molecule has 0 saturated heterocycles. The molecule has 2 aromatic heterocycles. The van der Waals surface area contributed by atoms with Crippen molar-refractivity contribution in [1.82, 2.24) is 38.3 Å². The van der Waals surface area contributed by atoms with E-state index in [0.29, 0.717) is 49.8 Å². The Hall–Kier alpha value is -3.31. The molecule has 0 bridgehead atoms. The first-order valence-electron chi connectivity index (χ1n) is 20.8. The third-order valence-electron chi connectivity index (χ3n) is 11.2. The van der Waals surface area contributed by atoms with Crippen LogP contribution in [0, 0.1) is 0 Å². The lowest BCUT2D eigenvalue weighted by Gasteiger charge is -2.35. The minimum absolute atomic E-state index is 0. The van der Waals surface area contributed by atoms with Crippen LogP contribution in [0.1, 0.15) is 87.3 Å². The van der Waals surface area contributed by atoms with Gasteiger partial charge in [-0.2, -0.15) is 8.61 Å². The normalized spacial score (nSPS) is 19.5. The number of sulfonamides is 2. The van der Waals surface area contributed by atoms with Crippen LogP contribution in [-0.4, -0.2) is 111 Å². The van der Waals surface area contributed by atoms with Gasteiger partial charge in [0.1, 0.15) is 22.6 Å². The standard InChI is InChI=1S/C21H26N4O2S.C15H16ClN3.C7H13NO2S.C2H4Cl2.CH4/c1-16-12-20-19(14-24(16)13-17-6-4-3-5-7-17)21(23-15-22-20)18-8-10-25(11-9-18)28(2,26)27;1-11-7-14-13(15(16)18-10-17-14)9-19(11)8-12-5-3-2-4-6-12;1-7-3-5-8(6-4-7)11(2,9)10;1-2(3)4;/h3-8,15-16H,9-14H2,1-2H3;2-6,10-11H,7-9H2,1H3;3H,4-6H2,1-2H3;2H,1H3;1H4/t16-;11-;;;/m11.../s1. The van der Waals surface area contributed by atoms with Crippen molar-refractivity contribution in [1.29, 1.82) is 0 Å². The molecular weight excluding hydrogens is 899 g/mol. The van der Waals surface area contributed by atoms with Gasteiger partial charge in [0, 0.05) is 88.4 Å². The molecular formula is C46H63Cl3N8O4S2. The molecule has 2 aromatic carbocycles. The van der Waals surface area contributed by atoms with Gasteiger partial charge >= 0.3 is 0 Å². The zero-order chi connectivity index (χ0) is 45.0. The van der Waals surface area contributed by atoms with E-state index in [2.05, 4.69) is 92.1 Å². The van der Waals surface area contributed by atoms with Gasteiger partial charge in [0.2, 0.25) is 20.0 Å². The Morgan fingerprint density at radius 2 is 1.13 bits per heavy atom. The Labute approximate surface area is 391 Å². The number of alkyl halides is 2. The summed E-state index contributed by atoms with van der Waals surface area (Å²) in [5, 5.41) is 0.593. The average Bonchev–Trinajstić information content (AvgIpc) is 3.22. The van der Waals surface area contributed by atoms with E-state index in [1.54, 1.807) is 19.6 Å². The second-order valence-electron chi connectivity index (χ2n) is 16.2. The molecule has 344 valence electrons. The highest BCUT2D eigenvalue weighted by atomic mass is 35.5. The van der Waals surface area contributed by atoms with Crippen molar-refractivity contribution >= 4 is 60.4 Å². The van der Waals surface area contributed by atoms with Crippen LogP contribution < -0.4 is 0 Å². The quantitative estimate of drug-likeness (QED) is 0.101. The summed E-state index contributed by atoms with van der Waals surface area (Å²) in [5.41, 5.74) is 10.5. The van der Waals surface area contributed by atoms with Gasteiger partial charge in [-0.25, -0.2) is 36.8 Å². The summed E-state index contributed by atoms with van der Waals surface area (Å²) < 4.78 is 48.5. The lowest BCUT2D eigenvalue weighted by molar-refractivity contribution is 0.172. The molecule has 17 heteroatoms. The van der Waals surface area contributed by atoms with E-state index >= 15 is 0 Å². The molecule has 4 aliphatic rings. The Bertz CT molecular complexity index is 2370. The second-order valence-corrected chi connectivity index (χ2v) is 22.0. The second kappa shape index (κ2) is 24.3. The fourth-order valence-corrected chi connectivity index (χ4v) is 9.39. The highest BCUT2D eigenvalue weighted by molar-refractivity contribution is 7.88. The first kappa shape index (κ1) is 52.3. The van der Waals surface area contributed by atoms with E-state index < -0.39 is 20.0 Å². The largest absolute Gasteiger partial charge is 0.292 e. The van der Waals surface area contributed by atoms with E-state index in [9.17, 15) is 16.8 Å². The van der Waals surface area contributed by atoms with Crippen LogP contribution in [-0.2, 0) is 59.1 Å². The third-order valence-corrected chi connectivity index (χ3v) is 14.1. The molecule has 63 heavy (non-hydrogen) atoms. The van der Waals surface area contributed by atoms with Crippen molar-refractivity contribution in [2.24, 2.45) is 0 Å². The first-order valence-corrected chi connectivity index (χ1v) is 25.7. The summed E-state index contributed by atoms with van der Waals surface area (Å²) >= 11 is 16.3. The van der Waals surface area contributed by atoms with Crippen LogP contribution in [0.3, 0.4) is 0 Å². The highest BCUT2D eigenvalue weighted by Gasteiger charge is 2.29. The Balaban J connectivity index is 0.000000215. The number of hydrogen-bond donors (Lipinski definition) is 0. The van der Waals surface area contributed by atoms with Crippen molar-refractivity contribution in [2.45, 2.75) is 104 Å². The summed E-state index contributed by atoms with van der Waals surface area (Å²) in [7, 11) is -6.11. The Kier molecular flexibility index (Phi) is 20.2. The molecule has 2 atom stereocenters. The minimum atomic E-state index is -3.15. The van der Waals surface area contributed by atoms with E-state index in [1.165, 1.54) is 43.4 Å². The van der Waals surface area contributed by atoms with E-state index in [4.69, 9.17) is 34.8 Å². The highest BCUT2D eigenvalue weighted by Crippen LogP contribution is 2.32. The number of hydrogen-bond acceptors (Lipinski definition) is 10. The van der Waals surface area contributed by atoms with Crippen LogP contribution in [0.2, 0.25) is 5.15 Å². The van der Waals surface area contributed by atoms with Crippen LogP contribution >= 0.6 is 34.8 Å². The molecule has 8 rings (SSSR count). The van der Waals surface area contributed by atoms with Crippen molar-refractivity contribution in [2.75, 3.05) is 38.7 Å². The number of benzene rings is 2. The topological polar surface area (TPSA) is 133 Å². The number of halogens is 3. The minimum Gasteiger partial charge on any atom is -0.292 e. The van der Waals surface area contributed by atoms with Gasteiger partial charge in [0.25, 0.3) is 0 Å². The zero-order valence-corrected chi connectivity index (χ0v) is 40.4. The predicted molar refractivity (Wildman–Crippen MR) is 258 cm³/mol. The molecule has 0 fully saturated rings. The lowest BCUT2D eigenvalue weighted by atomic mass is 9.93. The zero-order valence-electron chi connectivity index (χ0n) is 36.5. The molecule has 6 heterocycles. The van der Waals surface area contributed by atoms with Crippen LogP contribution in [0.5, 0.6) is 0 Å². The van der Waals surface area contributed by atoms with Crippen molar-refractivity contribution in [3.63, 3.8) is 0 Å². The summed E-state index contributed by atoms with van der Waals surface area (Å²) in [6.07, 6.45) is 13.1. The summed E-state index contributed by atoms with van der Waals surface area (Å²) in [6, 6.07) is 21.9. The average molecular weight is 963 g/mol. The van der Waals surface area contributed by atoms with Gasteiger partial charge in [0.05, 0.1) is 29.6 Å². The number of nitrogens with zero attached hydrogens (tertiary/aromatic N) is 8. The fraction of sp³-hybridized carbons (Fsp3) is 0.478. The Morgan fingerprint density at radius 1 is 0.683 bits per heavy atom. The van der Waals surface area contributed by atoms with Crippen LogP contribution in [0.25, 0.3) is 5.57 Å². The monoisotopic (exact) mass is 960 g/mol. The maximum absolute atomic E-state index is 11.8. The molecule has 12 nitrogen and oxygen atoms in total. The molecule has 0 spiro atoms. The maximum atomic E-state index is 11.8. The Morgan fingerprint density at radius 3 is 1.57 bits per heavy atom. The maximum Gasteiger partial charge on any atom is 0.211 e. The third kappa shape index (κ3) is 16.0. The van der Waals surface area contributed by atoms with Gasteiger partial charge in [0.15, 0.2) is 0 Å². The summed E-state index contributed by atoms with van der Waals surface area (Å²) in [5.74, 6) is 0. The van der Waals surface area contributed by atoms with Gasteiger partial charge in [-0.05, 0) is 57.2 Å². The van der Waals surface area contributed by atoms with E-state index in [0.717, 1.165) is 73.7 Å². The van der Waals surface area contributed by atoms with Gasteiger partial charge in [-0.1, -0.05) is 97.4 Å². The molecule has 0 amide bonds. The van der Waals surface area contributed by atoms with E-state index in [-0.39, 0.29) is 12.3 Å². The van der Waals surface area contributed by atoms with E-state index in [1.807, 2.05) is 31.2 Å². The molecule has 4 aromatic rings. The van der Waals surface area contributed by atoms with Crippen molar-refractivity contribution in [3.8, 4) is 0 Å². The summed E-state index contributed by atoms with van der Waals surface area (Å²) in [4.78, 5) is 22.3. The number of rotatable bonds is 7. The number of aromatic nitrogens is 4. The smallest absolute Gasteiger partial charge is 0.211 e. The molecule has 4 aliphatic heterocycles. The van der Waals surface area contributed by atoms with Crippen molar-refractivity contribution in [3.05, 3.63) is 136 Å². The van der Waals surface area contributed by atoms with Crippen LogP contribution in [0.4, 0.5) is 0 Å². The fourth-order valence-electron chi connectivity index (χ4n) is 7.64. The molecule has 0 N–H and O–H groups in total. The predicted octanol–water partition coefficient (Wildman–Crippen LogP) is 8.59. The molecule has 0 saturated carbocycles. The first-order chi connectivity index (χ1) is 29.4. The van der Waals surface area contributed by atoms with Gasteiger partial charge in [-0.3, -0.25) is 9.80 Å².